The maximum Gasteiger partial charge on any atom is 0.242 e. The number of likely N-dealkylation sites (N-methyl/N-ethyl adjacent to an activating group) is 1. The van der Waals surface area contributed by atoms with E-state index < -0.39 is 0 Å². The Morgan fingerprint density at radius 3 is 2.40 bits per heavy atom. The van der Waals surface area contributed by atoms with Crippen LogP contribution in [0.2, 0.25) is 0 Å². The summed E-state index contributed by atoms with van der Waals surface area (Å²) in [5, 5.41) is 0. The molecule has 0 atom stereocenters. The third kappa shape index (κ3) is 3.53. The Bertz CT molecular complexity index is 235. The van der Waals surface area contributed by atoms with E-state index in [0.717, 1.165) is 32.4 Å². The Labute approximate surface area is 91.2 Å². The number of hydrogen-bond acceptors (Lipinski definition) is 2. The summed E-state index contributed by atoms with van der Waals surface area (Å²) in [4.78, 5) is 26.5. The van der Waals surface area contributed by atoms with Crippen molar-refractivity contribution in [2.45, 2.75) is 32.6 Å². The van der Waals surface area contributed by atoms with Gasteiger partial charge in [-0.25, -0.2) is 0 Å². The van der Waals surface area contributed by atoms with Gasteiger partial charge in [0.05, 0.1) is 6.54 Å². The van der Waals surface area contributed by atoms with Crippen LogP contribution in [0.25, 0.3) is 0 Å². The van der Waals surface area contributed by atoms with Gasteiger partial charge >= 0.3 is 0 Å². The zero-order valence-electron chi connectivity index (χ0n) is 9.66. The molecular formula is C11H20N2O2. The summed E-state index contributed by atoms with van der Waals surface area (Å²) >= 11 is 0. The van der Waals surface area contributed by atoms with Gasteiger partial charge < -0.3 is 9.80 Å². The van der Waals surface area contributed by atoms with Crippen molar-refractivity contribution >= 4 is 11.8 Å². The zero-order chi connectivity index (χ0) is 11.3. The van der Waals surface area contributed by atoms with Crippen molar-refractivity contribution in [3.05, 3.63) is 0 Å². The molecule has 1 fully saturated rings. The first-order valence-corrected chi connectivity index (χ1v) is 5.67. The minimum absolute atomic E-state index is 0.0602. The van der Waals surface area contributed by atoms with E-state index in [1.807, 2.05) is 11.8 Å². The first kappa shape index (κ1) is 12.0. The Kier molecular flexibility index (Phi) is 4.59. The van der Waals surface area contributed by atoms with E-state index in [9.17, 15) is 9.59 Å². The molecule has 4 nitrogen and oxygen atoms in total. The van der Waals surface area contributed by atoms with Crippen molar-refractivity contribution in [3.8, 4) is 0 Å². The van der Waals surface area contributed by atoms with Gasteiger partial charge in [-0.3, -0.25) is 9.59 Å². The lowest BCUT2D eigenvalue weighted by atomic mass is 10.3. The van der Waals surface area contributed by atoms with Crippen LogP contribution in [0.1, 0.15) is 32.6 Å². The van der Waals surface area contributed by atoms with E-state index in [1.165, 1.54) is 4.90 Å². The van der Waals surface area contributed by atoms with Crippen LogP contribution < -0.4 is 0 Å². The molecule has 0 spiro atoms. The number of hydrogen-bond donors (Lipinski definition) is 0. The van der Waals surface area contributed by atoms with Crippen molar-refractivity contribution in [2.24, 2.45) is 0 Å². The molecule has 15 heavy (non-hydrogen) atoms. The molecule has 0 aliphatic carbocycles. The predicted octanol–water partition coefficient (Wildman–Crippen LogP) is 0.867. The second-order valence-electron chi connectivity index (χ2n) is 4.09. The van der Waals surface area contributed by atoms with Crippen LogP contribution in [0.4, 0.5) is 0 Å². The van der Waals surface area contributed by atoms with Gasteiger partial charge in [0.1, 0.15) is 0 Å². The summed E-state index contributed by atoms with van der Waals surface area (Å²) in [6.07, 6.45) is 3.56. The number of likely N-dealkylation sites (tertiary alicyclic amines) is 1. The monoisotopic (exact) mass is 212 g/mol. The zero-order valence-corrected chi connectivity index (χ0v) is 9.66. The molecule has 1 rings (SSSR count). The minimum atomic E-state index is 0.0602. The number of amides is 2. The van der Waals surface area contributed by atoms with Crippen molar-refractivity contribution in [2.75, 3.05) is 26.7 Å². The highest BCUT2D eigenvalue weighted by Gasteiger charge is 2.20. The normalized spacial score (nSPS) is 15.5. The lowest BCUT2D eigenvalue weighted by Crippen LogP contribution is -2.39. The van der Waals surface area contributed by atoms with Crippen LogP contribution in [0.15, 0.2) is 0 Å². The second kappa shape index (κ2) is 5.73. The van der Waals surface area contributed by atoms with Crippen molar-refractivity contribution in [1.29, 1.82) is 0 Å². The first-order valence-electron chi connectivity index (χ1n) is 5.67. The van der Waals surface area contributed by atoms with Crippen LogP contribution in [-0.2, 0) is 9.59 Å². The number of rotatable bonds is 4. The smallest absolute Gasteiger partial charge is 0.242 e. The molecule has 86 valence electrons. The summed E-state index contributed by atoms with van der Waals surface area (Å²) in [5.41, 5.74) is 0. The van der Waals surface area contributed by atoms with E-state index in [4.69, 9.17) is 0 Å². The quantitative estimate of drug-likeness (QED) is 0.693. The van der Waals surface area contributed by atoms with E-state index in [2.05, 4.69) is 0 Å². The molecule has 1 saturated heterocycles. The van der Waals surface area contributed by atoms with Gasteiger partial charge in [0.15, 0.2) is 0 Å². The van der Waals surface area contributed by atoms with E-state index >= 15 is 0 Å². The molecule has 0 aromatic rings. The highest BCUT2D eigenvalue weighted by atomic mass is 16.2. The second-order valence-corrected chi connectivity index (χ2v) is 4.09. The van der Waals surface area contributed by atoms with Crippen LogP contribution in [0.5, 0.6) is 0 Å². The lowest BCUT2D eigenvalue weighted by molar-refractivity contribution is -0.138. The molecule has 0 aromatic heterocycles. The minimum Gasteiger partial charge on any atom is -0.341 e. The van der Waals surface area contributed by atoms with Gasteiger partial charge in [0.2, 0.25) is 11.8 Å². The Balaban J connectivity index is 2.33. The average Bonchev–Trinajstić information content (AvgIpc) is 2.70. The number of nitrogens with zero attached hydrogens (tertiary/aromatic N) is 2. The van der Waals surface area contributed by atoms with Gasteiger partial charge in [0, 0.05) is 26.6 Å². The molecule has 0 radical (unpaired) electrons. The Hall–Kier alpha value is -1.06. The molecule has 1 aliphatic heterocycles. The fourth-order valence-corrected chi connectivity index (χ4v) is 1.76. The molecule has 1 heterocycles. The number of carbonyl (C=O) groups excluding carboxylic acids is 2. The predicted molar refractivity (Wildman–Crippen MR) is 58.4 cm³/mol. The maximum absolute atomic E-state index is 11.7. The largest absolute Gasteiger partial charge is 0.341 e. The lowest BCUT2D eigenvalue weighted by Gasteiger charge is -2.21. The van der Waals surface area contributed by atoms with Gasteiger partial charge in [-0.2, -0.15) is 0 Å². The highest BCUT2D eigenvalue weighted by molar-refractivity contribution is 5.84. The topological polar surface area (TPSA) is 40.6 Å². The molecule has 0 unspecified atom stereocenters. The van der Waals surface area contributed by atoms with Crippen LogP contribution in [-0.4, -0.2) is 48.3 Å². The van der Waals surface area contributed by atoms with Crippen LogP contribution in [0.3, 0.4) is 0 Å². The van der Waals surface area contributed by atoms with Gasteiger partial charge in [-0.05, 0) is 19.3 Å². The number of carbonyl (C=O) groups is 2. The first-order chi connectivity index (χ1) is 7.15. The molecule has 0 saturated carbocycles. The van der Waals surface area contributed by atoms with Gasteiger partial charge in [0.25, 0.3) is 0 Å². The fourth-order valence-electron chi connectivity index (χ4n) is 1.76. The summed E-state index contributed by atoms with van der Waals surface area (Å²) in [5.74, 6) is 0.143. The third-order valence-corrected chi connectivity index (χ3v) is 2.72. The molecule has 0 aromatic carbocycles. The SMILES string of the molecule is CCCC(=O)N(C)CC(=O)N1CCCC1. The third-order valence-electron chi connectivity index (χ3n) is 2.72. The molecule has 4 heteroatoms. The molecular weight excluding hydrogens is 192 g/mol. The summed E-state index contributed by atoms with van der Waals surface area (Å²) < 4.78 is 0. The summed E-state index contributed by atoms with van der Waals surface area (Å²) in [6, 6.07) is 0. The maximum atomic E-state index is 11.7. The van der Waals surface area contributed by atoms with Crippen LogP contribution >= 0.6 is 0 Å². The Morgan fingerprint density at radius 1 is 1.27 bits per heavy atom. The van der Waals surface area contributed by atoms with Crippen LogP contribution in [0, 0.1) is 0 Å². The van der Waals surface area contributed by atoms with Gasteiger partial charge in [-0.15, -0.1) is 0 Å². The van der Waals surface area contributed by atoms with Gasteiger partial charge in [-0.1, -0.05) is 6.92 Å². The molecule has 0 bridgehead atoms. The van der Waals surface area contributed by atoms with E-state index in [-0.39, 0.29) is 18.4 Å². The molecule has 1 aliphatic rings. The highest BCUT2D eigenvalue weighted by Crippen LogP contribution is 2.08. The standard InChI is InChI=1S/C11H20N2O2/c1-3-6-10(14)12(2)9-11(15)13-7-4-5-8-13/h3-9H2,1-2H3. The molecule has 2 amide bonds. The Morgan fingerprint density at radius 2 is 1.87 bits per heavy atom. The van der Waals surface area contributed by atoms with E-state index in [1.54, 1.807) is 7.05 Å². The van der Waals surface area contributed by atoms with Crippen molar-refractivity contribution < 1.29 is 9.59 Å². The molecule has 0 N–H and O–H groups in total. The average molecular weight is 212 g/mol. The van der Waals surface area contributed by atoms with Crippen molar-refractivity contribution in [3.63, 3.8) is 0 Å². The fraction of sp³-hybridized carbons (Fsp3) is 0.818. The van der Waals surface area contributed by atoms with Crippen molar-refractivity contribution in [1.82, 2.24) is 9.80 Å². The summed E-state index contributed by atoms with van der Waals surface area (Å²) in [6.45, 7) is 3.91. The van der Waals surface area contributed by atoms with E-state index in [0.29, 0.717) is 6.42 Å². The summed E-state index contributed by atoms with van der Waals surface area (Å²) in [7, 11) is 1.70.